The number of nitrogens with zero attached hydrogens (tertiary/aromatic N) is 3. The van der Waals surface area contributed by atoms with Gasteiger partial charge in [-0.05, 0) is 45.4 Å². The fraction of sp³-hybridized carbons (Fsp3) is 0.900. The van der Waals surface area contributed by atoms with Crippen molar-refractivity contribution in [3.8, 4) is 0 Å². The number of halogens is 1. The minimum atomic E-state index is -0.469. The summed E-state index contributed by atoms with van der Waals surface area (Å²) in [6.07, 6.45) is 1.90. The molecule has 8 heteroatoms. The van der Waals surface area contributed by atoms with Gasteiger partial charge in [-0.25, -0.2) is 4.79 Å². The lowest BCUT2D eigenvalue weighted by atomic mass is 9.92. The number of ether oxygens (including phenoxy) is 1. The molecule has 164 valence electrons. The molecule has 1 amide bonds. The summed E-state index contributed by atoms with van der Waals surface area (Å²) in [4.78, 5) is 21.1. The van der Waals surface area contributed by atoms with Crippen molar-refractivity contribution in [1.29, 1.82) is 0 Å². The normalized spacial score (nSPS) is 26.6. The fourth-order valence-corrected chi connectivity index (χ4v) is 4.18. The van der Waals surface area contributed by atoms with Gasteiger partial charge in [-0.1, -0.05) is 13.8 Å². The van der Waals surface area contributed by atoms with Gasteiger partial charge in [0.05, 0.1) is 6.04 Å². The number of carbonyl (C=O) groups excluding carboxylic acids is 1. The molecule has 0 aromatic rings. The number of hydrogen-bond donors (Lipinski definition) is 2. The Morgan fingerprint density at radius 3 is 2.39 bits per heavy atom. The largest absolute Gasteiger partial charge is 0.444 e. The topological polar surface area (TPSA) is 69.2 Å². The maximum absolute atomic E-state index is 12.0. The van der Waals surface area contributed by atoms with Gasteiger partial charge in [-0.3, -0.25) is 4.99 Å². The Balaban J connectivity index is 0.00000392. The van der Waals surface area contributed by atoms with E-state index in [0.717, 1.165) is 50.4 Å². The SMILES string of the molecule is CN=C(NCCN1CC(C)CC(C)C1)N1CCC(NC(=O)OC(C)(C)C)C1.I. The molecular weight excluding hydrogens is 469 g/mol. The number of likely N-dealkylation sites (tertiary alicyclic amines) is 2. The monoisotopic (exact) mass is 509 g/mol. The van der Waals surface area contributed by atoms with Crippen molar-refractivity contribution in [2.45, 2.75) is 59.1 Å². The van der Waals surface area contributed by atoms with Crippen LogP contribution in [0.5, 0.6) is 0 Å². The summed E-state index contributed by atoms with van der Waals surface area (Å²) < 4.78 is 5.35. The molecule has 2 N–H and O–H groups in total. The quantitative estimate of drug-likeness (QED) is 0.347. The number of carbonyl (C=O) groups is 1. The van der Waals surface area contributed by atoms with E-state index in [9.17, 15) is 4.79 Å². The Morgan fingerprint density at radius 2 is 1.82 bits per heavy atom. The molecule has 2 aliphatic heterocycles. The highest BCUT2D eigenvalue weighted by molar-refractivity contribution is 14.0. The van der Waals surface area contributed by atoms with E-state index in [1.165, 1.54) is 19.5 Å². The Labute approximate surface area is 188 Å². The summed E-state index contributed by atoms with van der Waals surface area (Å²) in [5.41, 5.74) is -0.469. The summed E-state index contributed by atoms with van der Waals surface area (Å²) in [6.45, 7) is 16.3. The molecule has 2 aliphatic rings. The summed E-state index contributed by atoms with van der Waals surface area (Å²) in [5, 5.41) is 6.46. The minimum absolute atomic E-state index is 0. The second kappa shape index (κ2) is 11.4. The molecular formula is C20H40IN5O2. The van der Waals surface area contributed by atoms with Gasteiger partial charge in [0.2, 0.25) is 0 Å². The zero-order valence-electron chi connectivity index (χ0n) is 18.5. The summed E-state index contributed by atoms with van der Waals surface area (Å²) in [7, 11) is 1.82. The van der Waals surface area contributed by atoms with E-state index in [1.807, 2.05) is 27.8 Å². The van der Waals surface area contributed by atoms with Crippen LogP contribution in [0.2, 0.25) is 0 Å². The minimum Gasteiger partial charge on any atom is -0.444 e. The highest BCUT2D eigenvalue weighted by Gasteiger charge is 2.28. The number of aliphatic imine (C=N–C) groups is 1. The van der Waals surface area contributed by atoms with Gasteiger partial charge in [-0.15, -0.1) is 24.0 Å². The maximum Gasteiger partial charge on any atom is 0.407 e. The maximum atomic E-state index is 12.0. The van der Waals surface area contributed by atoms with Crippen molar-refractivity contribution in [2.75, 3.05) is 46.3 Å². The van der Waals surface area contributed by atoms with Crippen LogP contribution >= 0.6 is 24.0 Å². The molecule has 2 saturated heterocycles. The van der Waals surface area contributed by atoms with Crippen LogP contribution in [0.3, 0.4) is 0 Å². The van der Waals surface area contributed by atoms with Gasteiger partial charge < -0.3 is 25.2 Å². The molecule has 3 unspecified atom stereocenters. The number of piperidine rings is 1. The van der Waals surface area contributed by atoms with Crippen LogP contribution in [0.1, 0.15) is 47.5 Å². The summed E-state index contributed by atoms with van der Waals surface area (Å²) in [5.74, 6) is 2.49. The van der Waals surface area contributed by atoms with Crippen molar-refractivity contribution in [2.24, 2.45) is 16.8 Å². The molecule has 0 saturated carbocycles. The molecule has 0 bridgehead atoms. The van der Waals surface area contributed by atoms with Gasteiger partial charge >= 0.3 is 6.09 Å². The van der Waals surface area contributed by atoms with Gasteiger partial charge in [0.25, 0.3) is 0 Å². The van der Waals surface area contributed by atoms with Crippen LogP contribution in [-0.2, 0) is 4.74 Å². The number of amides is 1. The third-order valence-electron chi connectivity index (χ3n) is 5.08. The molecule has 0 radical (unpaired) electrons. The smallest absolute Gasteiger partial charge is 0.407 e. The molecule has 2 fully saturated rings. The predicted octanol–water partition coefficient (Wildman–Crippen LogP) is 2.76. The van der Waals surface area contributed by atoms with Gasteiger partial charge in [0, 0.05) is 46.3 Å². The Morgan fingerprint density at radius 1 is 1.18 bits per heavy atom. The number of rotatable bonds is 4. The van der Waals surface area contributed by atoms with Crippen LogP contribution in [-0.4, -0.2) is 79.8 Å². The lowest BCUT2D eigenvalue weighted by Gasteiger charge is -2.35. The Kier molecular flexibility index (Phi) is 10.3. The predicted molar refractivity (Wildman–Crippen MR) is 126 cm³/mol. The number of alkyl carbamates (subject to hydrolysis) is 1. The molecule has 7 nitrogen and oxygen atoms in total. The van der Waals surface area contributed by atoms with Crippen molar-refractivity contribution >= 4 is 36.0 Å². The standard InChI is InChI=1S/C20H39N5O2.HI/c1-15-11-16(2)13-24(12-15)10-8-22-18(21-6)25-9-7-17(14-25)23-19(26)27-20(3,4)5;/h15-17H,7-14H2,1-6H3,(H,21,22)(H,23,26);1H. The third-order valence-corrected chi connectivity index (χ3v) is 5.08. The zero-order chi connectivity index (χ0) is 20.0. The van der Waals surface area contributed by atoms with Crippen LogP contribution in [0, 0.1) is 11.8 Å². The van der Waals surface area contributed by atoms with Gasteiger partial charge in [0.1, 0.15) is 5.60 Å². The molecule has 2 rings (SSSR count). The molecule has 3 atom stereocenters. The first-order valence-electron chi connectivity index (χ1n) is 10.3. The van der Waals surface area contributed by atoms with Crippen LogP contribution < -0.4 is 10.6 Å². The lowest BCUT2D eigenvalue weighted by molar-refractivity contribution is 0.0507. The highest BCUT2D eigenvalue weighted by Crippen LogP contribution is 2.20. The number of guanidine groups is 1. The summed E-state index contributed by atoms with van der Waals surface area (Å²) >= 11 is 0. The first-order chi connectivity index (χ1) is 12.7. The van der Waals surface area contributed by atoms with Crippen molar-refractivity contribution in [1.82, 2.24) is 20.4 Å². The Bertz CT molecular complexity index is 513. The Hall–Kier alpha value is -0.770. The van der Waals surface area contributed by atoms with Gasteiger partial charge in [-0.2, -0.15) is 0 Å². The van der Waals surface area contributed by atoms with Crippen LogP contribution in [0.15, 0.2) is 4.99 Å². The molecule has 28 heavy (non-hydrogen) atoms. The van der Waals surface area contributed by atoms with E-state index in [0.29, 0.717) is 0 Å². The molecule has 0 aromatic heterocycles. The highest BCUT2D eigenvalue weighted by atomic mass is 127. The molecule has 0 spiro atoms. The second-order valence-electron chi connectivity index (χ2n) is 9.26. The first kappa shape index (κ1) is 25.3. The van der Waals surface area contributed by atoms with Crippen molar-refractivity contribution < 1.29 is 9.53 Å². The van der Waals surface area contributed by atoms with E-state index in [4.69, 9.17) is 4.74 Å². The van der Waals surface area contributed by atoms with E-state index >= 15 is 0 Å². The second-order valence-corrected chi connectivity index (χ2v) is 9.26. The average Bonchev–Trinajstić information content (AvgIpc) is 2.96. The fourth-order valence-electron chi connectivity index (χ4n) is 4.18. The summed E-state index contributed by atoms with van der Waals surface area (Å²) in [6, 6.07) is 0.0993. The molecule has 0 aromatic carbocycles. The number of nitrogens with one attached hydrogen (secondary N) is 2. The molecule has 2 heterocycles. The van der Waals surface area contributed by atoms with E-state index < -0.39 is 5.60 Å². The lowest BCUT2D eigenvalue weighted by Crippen LogP contribution is -2.47. The van der Waals surface area contributed by atoms with Gasteiger partial charge in [0.15, 0.2) is 5.96 Å². The third kappa shape index (κ3) is 8.71. The van der Waals surface area contributed by atoms with E-state index in [1.54, 1.807) is 0 Å². The van der Waals surface area contributed by atoms with Crippen molar-refractivity contribution in [3.05, 3.63) is 0 Å². The van der Waals surface area contributed by atoms with E-state index in [2.05, 4.69) is 39.3 Å². The van der Waals surface area contributed by atoms with Crippen LogP contribution in [0.25, 0.3) is 0 Å². The van der Waals surface area contributed by atoms with Crippen LogP contribution in [0.4, 0.5) is 4.79 Å². The first-order valence-corrected chi connectivity index (χ1v) is 10.3. The zero-order valence-corrected chi connectivity index (χ0v) is 20.8. The number of hydrogen-bond acceptors (Lipinski definition) is 4. The van der Waals surface area contributed by atoms with Crippen molar-refractivity contribution in [3.63, 3.8) is 0 Å². The van der Waals surface area contributed by atoms with E-state index in [-0.39, 0.29) is 36.1 Å². The molecule has 0 aliphatic carbocycles. The average molecular weight is 509 g/mol.